The number of aliphatic hydroxyl groups excluding tert-OH is 1. The van der Waals surface area contributed by atoms with E-state index in [1.54, 1.807) is 0 Å². The van der Waals surface area contributed by atoms with Gasteiger partial charge < -0.3 is 25.0 Å². The number of benzene rings is 3. The predicted molar refractivity (Wildman–Crippen MR) is 140 cm³/mol. The Morgan fingerprint density at radius 2 is 1.89 bits per heavy atom. The van der Waals surface area contributed by atoms with Crippen LogP contribution in [0, 0.1) is 12.8 Å². The molecule has 5 rings (SSSR count). The van der Waals surface area contributed by atoms with Crippen molar-refractivity contribution < 1.29 is 24.5 Å². The minimum absolute atomic E-state index is 0.110. The topological polar surface area (TPSA) is 88.0 Å². The Bertz CT molecular complexity index is 1290. The van der Waals surface area contributed by atoms with E-state index in [4.69, 9.17) is 9.47 Å². The molecule has 36 heavy (non-hydrogen) atoms. The number of carboxylic acid groups (broad SMARTS) is 1. The predicted octanol–water partition coefficient (Wildman–Crippen LogP) is 4.76. The minimum atomic E-state index is -0.815. The van der Waals surface area contributed by atoms with Gasteiger partial charge in [0.1, 0.15) is 17.8 Å². The first-order chi connectivity index (χ1) is 17.1. The van der Waals surface area contributed by atoms with Crippen LogP contribution >= 0.6 is 0 Å². The molecule has 1 aliphatic heterocycles. The molecule has 0 spiro atoms. The molecule has 3 unspecified atom stereocenters. The lowest BCUT2D eigenvalue weighted by atomic mass is 9.93. The van der Waals surface area contributed by atoms with Gasteiger partial charge in [-0.15, -0.1) is 0 Å². The van der Waals surface area contributed by atoms with E-state index in [0.717, 1.165) is 28.9 Å². The molecule has 0 saturated heterocycles. The molecule has 1 fully saturated rings. The van der Waals surface area contributed by atoms with E-state index in [9.17, 15) is 15.0 Å². The number of ether oxygens (including phenoxy) is 2. The molecular weight excluding hydrogens is 454 g/mol. The van der Waals surface area contributed by atoms with Gasteiger partial charge in [-0.05, 0) is 61.6 Å². The molecule has 190 valence electrons. The summed E-state index contributed by atoms with van der Waals surface area (Å²) in [7, 11) is 0. The van der Waals surface area contributed by atoms with Gasteiger partial charge in [0.05, 0.1) is 18.8 Å². The fourth-order valence-corrected chi connectivity index (χ4v) is 5.50. The number of β-amino-alcohol motifs (C(OH)–C–C–N with tert-alkyl or cyclic N) is 1. The van der Waals surface area contributed by atoms with Crippen LogP contribution in [0.15, 0.2) is 54.6 Å². The van der Waals surface area contributed by atoms with Crippen LogP contribution < -0.4 is 10.1 Å². The largest absolute Gasteiger partial charge is 0.488 e. The quantitative estimate of drug-likeness (QED) is 0.381. The number of nitrogens with one attached hydrogen (secondary N) is 1. The third-order valence-electron chi connectivity index (χ3n) is 7.51. The van der Waals surface area contributed by atoms with Crippen molar-refractivity contribution in [3.8, 4) is 5.75 Å². The highest BCUT2D eigenvalue weighted by atomic mass is 16.5. The van der Waals surface area contributed by atoms with Gasteiger partial charge in [-0.2, -0.15) is 0 Å². The Labute approximate surface area is 212 Å². The normalized spacial score (nSPS) is 22.0. The van der Waals surface area contributed by atoms with Crippen LogP contribution in [-0.2, 0) is 16.0 Å². The molecule has 6 heteroatoms. The molecule has 3 aromatic carbocycles. The molecule has 2 aliphatic rings. The van der Waals surface area contributed by atoms with E-state index >= 15 is 0 Å². The standard InChI is InChI=1S/C30H35NO5/c1-17-9-12-23(24-25-26(29(33)34)28(25)36-27(17)24)18(2)35-16-22(32)15-31-30(3,4)14-19-10-11-20-7-5-6-8-21(20)13-19/h5-13,18,22,25-26,28,31-32H,14-16H2,1-4H3,(H,33,34)/t18-,22-,25?,26?,28?/m1/s1. The van der Waals surface area contributed by atoms with Crippen molar-refractivity contribution in [1.82, 2.24) is 5.32 Å². The second-order valence-electron chi connectivity index (χ2n) is 10.9. The Balaban J connectivity index is 1.16. The zero-order valence-electron chi connectivity index (χ0n) is 21.3. The number of carbonyl (C=O) groups is 1. The third kappa shape index (κ3) is 4.85. The van der Waals surface area contributed by atoms with E-state index in [2.05, 4.69) is 55.6 Å². The minimum Gasteiger partial charge on any atom is -0.488 e. The average molecular weight is 490 g/mol. The maximum Gasteiger partial charge on any atom is 0.311 e. The highest BCUT2D eigenvalue weighted by Crippen LogP contribution is 2.61. The molecule has 0 radical (unpaired) electrons. The fourth-order valence-electron chi connectivity index (χ4n) is 5.50. The van der Waals surface area contributed by atoms with Gasteiger partial charge >= 0.3 is 5.97 Å². The maximum atomic E-state index is 11.5. The van der Waals surface area contributed by atoms with Crippen molar-refractivity contribution in [2.45, 2.75) is 63.9 Å². The van der Waals surface area contributed by atoms with Gasteiger partial charge in [-0.25, -0.2) is 0 Å². The summed E-state index contributed by atoms with van der Waals surface area (Å²) in [6.07, 6.45) is -0.385. The molecule has 3 aromatic rings. The van der Waals surface area contributed by atoms with Crippen LogP contribution in [-0.4, -0.2) is 47.1 Å². The smallest absolute Gasteiger partial charge is 0.311 e. The molecule has 1 heterocycles. The van der Waals surface area contributed by atoms with Crippen LogP contribution in [0.1, 0.15) is 55.0 Å². The van der Waals surface area contributed by atoms with Crippen molar-refractivity contribution in [2.75, 3.05) is 13.2 Å². The summed E-state index contributed by atoms with van der Waals surface area (Å²) in [6, 6.07) is 18.9. The summed E-state index contributed by atoms with van der Waals surface area (Å²) in [5.41, 5.74) is 3.97. The average Bonchev–Trinajstić information content (AvgIpc) is 3.43. The summed E-state index contributed by atoms with van der Waals surface area (Å²) in [6.45, 7) is 8.79. The molecule has 5 atom stereocenters. The van der Waals surface area contributed by atoms with Crippen LogP contribution in [0.4, 0.5) is 0 Å². The summed E-state index contributed by atoms with van der Waals surface area (Å²) < 4.78 is 12.0. The van der Waals surface area contributed by atoms with E-state index in [-0.39, 0.29) is 30.3 Å². The van der Waals surface area contributed by atoms with E-state index in [1.165, 1.54) is 16.3 Å². The molecule has 1 saturated carbocycles. The Morgan fingerprint density at radius 1 is 1.14 bits per heavy atom. The molecule has 0 aromatic heterocycles. The molecule has 0 bridgehead atoms. The van der Waals surface area contributed by atoms with Crippen molar-refractivity contribution >= 4 is 16.7 Å². The highest BCUT2D eigenvalue weighted by Gasteiger charge is 2.64. The number of carboxylic acids is 1. The fraction of sp³-hybridized carbons (Fsp3) is 0.433. The van der Waals surface area contributed by atoms with Gasteiger partial charge in [0, 0.05) is 23.6 Å². The van der Waals surface area contributed by atoms with Crippen LogP contribution in [0.2, 0.25) is 0 Å². The third-order valence-corrected chi connectivity index (χ3v) is 7.51. The Hall–Kier alpha value is -2.93. The Morgan fingerprint density at radius 3 is 2.64 bits per heavy atom. The van der Waals surface area contributed by atoms with Gasteiger partial charge in [0.2, 0.25) is 0 Å². The summed E-state index contributed by atoms with van der Waals surface area (Å²) >= 11 is 0. The van der Waals surface area contributed by atoms with Gasteiger partial charge in [0.25, 0.3) is 0 Å². The van der Waals surface area contributed by atoms with Crippen molar-refractivity contribution in [1.29, 1.82) is 0 Å². The van der Waals surface area contributed by atoms with Crippen molar-refractivity contribution in [3.63, 3.8) is 0 Å². The molecule has 3 N–H and O–H groups in total. The SMILES string of the molecule is Cc1ccc([C@@H](C)OC[C@H](O)CNC(C)(C)Cc2ccc3ccccc3c2)c2c1OC1C(C(=O)O)C21. The van der Waals surface area contributed by atoms with E-state index < -0.39 is 18.0 Å². The summed E-state index contributed by atoms with van der Waals surface area (Å²) in [5.74, 6) is -0.608. The van der Waals surface area contributed by atoms with E-state index in [0.29, 0.717) is 6.54 Å². The van der Waals surface area contributed by atoms with Crippen molar-refractivity contribution in [2.24, 2.45) is 5.92 Å². The zero-order valence-corrected chi connectivity index (χ0v) is 21.3. The van der Waals surface area contributed by atoms with Gasteiger partial charge in [-0.1, -0.05) is 54.6 Å². The number of fused-ring (bicyclic) bond motifs is 4. The lowest BCUT2D eigenvalue weighted by molar-refractivity contribution is -0.139. The zero-order chi connectivity index (χ0) is 25.6. The maximum absolute atomic E-state index is 11.5. The van der Waals surface area contributed by atoms with E-state index in [1.807, 2.05) is 32.0 Å². The molecule has 0 amide bonds. The Kier molecular flexibility index (Phi) is 6.54. The summed E-state index contributed by atoms with van der Waals surface area (Å²) in [4.78, 5) is 11.5. The number of aryl methyl sites for hydroxylation is 1. The molecular formula is C30H35NO5. The number of hydrogen-bond donors (Lipinski definition) is 3. The first-order valence-electron chi connectivity index (χ1n) is 12.7. The monoisotopic (exact) mass is 489 g/mol. The first-order valence-corrected chi connectivity index (χ1v) is 12.7. The molecule has 6 nitrogen and oxygen atoms in total. The van der Waals surface area contributed by atoms with Crippen LogP contribution in [0.25, 0.3) is 10.8 Å². The summed E-state index contributed by atoms with van der Waals surface area (Å²) in [5, 5.41) is 26.1. The second-order valence-corrected chi connectivity index (χ2v) is 10.9. The number of aliphatic carboxylic acids is 1. The van der Waals surface area contributed by atoms with Crippen molar-refractivity contribution in [3.05, 3.63) is 76.9 Å². The number of aliphatic hydroxyl groups is 1. The van der Waals surface area contributed by atoms with Crippen LogP contribution in [0.3, 0.4) is 0 Å². The lowest BCUT2D eigenvalue weighted by Gasteiger charge is -2.28. The first kappa shape index (κ1) is 24.8. The number of hydrogen-bond acceptors (Lipinski definition) is 5. The van der Waals surface area contributed by atoms with Gasteiger partial charge in [0.15, 0.2) is 0 Å². The highest BCUT2D eigenvalue weighted by molar-refractivity contribution is 5.83. The second kappa shape index (κ2) is 9.51. The van der Waals surface area contributed by atoms with Gasteiger partial charge in [-0.3, -0.25) is 4.79 Å². The lowest BCUT2D eigenvalue weighted by Crippen LogP contribution is -2.46. The molecule has 1 aliphatic carbocycles. The van der Waals surface area contributed by atoms with Crippen LogP contribution in [0.5, 0.6) is 5.75 Å². The number of rotatable bonds is 10.